The minimum Gasteiger partial charge on any atom is -0.362 e. The maximum Gasteiger partial charge on any atom is 0.245 e. The first-order valence-corrected chi connectivity index (χ1v) is 7.26. The lowest BCUT2D eigenvalue weighted by Crippen LogP contribution is -2.44. The maximum atomic E-state index is 13.0. The second kappa shape index (κ2) is 4.95. The van der Waals surface area contributed by atoms with Gasteiger partial charge in [0.15, 0.2) is 0 Å². The second-order valence-electron chi connectivity index (χ2n) is 4.35. The molecule has 0 N–H and O–H groups in total. The van der Waals surface area contributed by atoms with Crippen molar-refractivity contribution < 1.29 is 17.5 Å². The highest BCUT2D eigenvalue weighted by Crippen LogP contribution is 2.24. The van der Waals surface area contributed by atoms with Crippen molar-refractivity contribution in [2.24, 2.45) is 0 Å². The van der Waals surface area contributed by atoms with Crippen LogP contribution in [0, 0.1) is 12.7 Å². The van der Waals surface area contributed by atoms with E-state index in [-0.39, 0.29) is 4.90 Å². The van der Waals surface area contributed by atoms with Crippen LogP contribution in [0.25, 0.3) is 0 Å². The first-order chi connectivity index (χ1) is 8.43. The number of hydrogen-bond acceptors (Lipinski definition) is 3. The molecule has 0 spiro atoms. The Morgan fingerprint density at radius 3 is 2.78 bits per heavy atom. The summed E-state index contributed by atoms with van der Waals surface area (Å²) in [6.45, 7) is 4.29. The topological polar surface area (TPSA) is 46.6 Å². The molecule has 1 heterocycles. The van der Waals surface area contributed by atoms with Crippen molar-refractivity contribution in [3.63, 3.8) is 0 Å². The van der Waals surface area contributed by atoms with Gasteiger partial charge >= 0.3 is 0 Å². The molecule has 0 aliphatic carbocycles. The lowest BCUT2D eigenvalue weighted by molar-refractivity contribution is -0.0410. The van der Waals surface area contributed by atoms with Crippen LogP contribution in [-0.4, -0.2) is 32.1 Å². The summed E-state index contributed by atoms with van der Waals surface area (Å²) in [5, 5.41) is 0. The first-order valence-electron chi connectivity index (χ1n) is 5.82. The van der Waals surface area contributed by atoms with Crippen molar-refractivity contribution in [1.82, 2.24) is 4.31 Å². The Morgan fingerprint density at radius 1 is 1.44 bits per heavy atom. The fraction of sp³-hybridized carbons (Fsp3) is 0.500. The van der Waals surface area contributed by atoms with Gasteiger partial charge in [0.2, 0.25) is 10.0 Å². The van der Waals surface area contributed by atoms with Crippen molar-refractivity contribution in [2.75, 3.05) is 13.2 Å². The van der Waals surface area contributed by atoms with Crippen LogP contribution in [0.15, 0.2) is 23.1 Å². The summed E-state index contributed by atoms with van der Waals surface area (Å²) >= 11 is 0. The van der Waals surface area contributed by atoms with Gasteiger partial charge in [-0.25, -0.2) is 12.8 Å². The smallest absolute Gasteiger partial charge is 0.245 e. The molecule has 0 amide bonds. The van der Waals surface area contributed by atoms with Crippen LogP contribution in [0.3, 0.4) is 0 Å². The van der Waals surface area contributed by atoms with E-state index in [1.165, 1.54) is 16.4 Å². The quantitative estimate of drug-likeness (QED) is 0.826. The van der Waals surface area contributed by atoms with Crippen LogP contribution < -0.4 is 0 Å². The number of hydrogen-bond donors (Lipinski definition) is 0. The lowest BCUT2D eigenvalue weighted by Gasteiger charge is -2.32. The zero-order valence-electron chi connectivity index (χ0n) is 10.4. The Hall–Kier alpha value is -0.980. The molecule has 2 rings (SSSR count). The van der Waals surface area contributed by atoms with Gasteiger partial charge in [0.1, 0.15) is 12.0 Å². The molecule has 6 heteroatoms. The molecule has 1 aliphatic heterocycles. The van der Waals surface area contributed by atoms with Gasteiger partial charge in [-0.1, -0.05) is 0 Å². The zero-order chi connectivity index (χ0) is 13.3. The summed E-state index contributed by atoms with van der Waals surface area (Å²) < 4.78 is 44.6. The average molecular weight is 273 g/mol. The van der Waals surface area contributed by atoms with E-state index in [2.05, 4.69) is 0 Å². The summed E-state index contributed by atoms with van der Waals surface area (Å²) in [6, 6.07) is 3.69. The standard InChI is InChI=1S/C12H16FNO3S/c1-9-8-11(13)4-5-12(9)18(15,16)14-6-3-7-17-10(14)2/h4-5,8,10H,3,6-7H2,1-2H3. The molecule has 0 saturated carbocycles. The molecule has 1 fully saturated rings. The molecule has 4 nitrogen and oxygen atoms in total. The number of halogens is 1. The molecule has 1 aromatic carbocycles. The average Bonchev–Trinajstić information content (AvgIpc) is 2.28. The third-order valence-electron chi connectivity index (χ3n) is 3.01. The van der Waals surface area contributed by atoms with E-state index < -0.39 is 22.1 Å². The number of ether oxygens (including phenoxy) is 1. The Morgan fingerprint density at radius 2 is 2.17 bits per heavy atom. The molecule has 0 bridgehead atoms. The van der Waals surface area contributed by atoms with Crippen LogP contribution in [0.5, 0.6) is 0 Å². The molecule has 1 aromatic rings. The van der Waals surface area contributed by atoms with Crippen LogP contribution in [0.1, 0.15) is 18.9 Å². The number of aryl methyl sites for hydroxylation is 1. The summed E-state index contributed by atoms with van der Waals surface area (Å²) in [6.07, 6.45) is 0.192. The third kappa shape index (κ3) is 2.41. The minimum absolute atomic E-state index is 0.140. The van der Waals surface area contributed by atoms with Gasteiger partial charge in [-0.05, 0) is 44.0 Å². The molecular formula is C12H16FNO3S. The summed E-state index contributed by atoms with van der Waals surface area (Å²) in [5.41, 5.74) is 0.410. The highest BCUT2D eigenvalue weighted by molar-refractivity contribution is 7.89. The Bertz CT molecular complexity index is 544. The predicted octanol–water partition coefficient (Wildman–Crippen LogP) is 1.89. The Kier molecular flexibility index (Phi) is 3.70. The molecule has 1 saturated heterocycles. The first kappa shape index (κ1) is 13.5. The van der Waals surface area contributed by atoms with E-state index in [0.717, 1.165) is 6.07 Å². The summed E-state index contributed by atoms with van der Waals surface area (Å²) in [7, 11) is -3.62. The van der Waals surface area contributed by atoms with E-state index >= 15 is 0 Å². The Balaban J connectivity index is 2.41. The van der Waals surface area contributed by atoms with Crippen molar-refractivity contribution in [3.05, 3.63) is 29.6 Å². The molecule has 1 atom stereocenters. The number of rotatable bonds is 2. The second-order valence-corrected chi connectivity index (χ2v) is 6.21. The number of benzene rings is 1. The molecule has 18 heavy (non-hydrogen) atoms. The van der Waals surface area contributed by atoms with Gasteiger partial charge < -0.3 is 4.74 Å². The highest BCUT2D eigenvalue weighted by atomic mass is 32.2. The zero-order valence-corrected chi connectivity index (χ0v) is 11.2. The van der Waals surface area contributed by atoms with Gasteiger partial charge in [-0.2, -0.15) is 4.31 Å². The van der Waals surface area contributed by atoms with E-state index in [1.54, 1.807) is 13.8 Å². The van der Waals surface area contributed by atoms with Crippen LogP contribution in [0.4, 0.5) is 4.39 Å². The summed E-state index contributed by atoms with van der Waals surface area (Å²) in [5.74, 6) is -0.436. The van der Waals surface area contributed by atoms with E-state index in [9.17, 15) is 12.8 Å². The number of sulfonamides is 1. The van der Waals surface area contributed by atoms with Crippen LogP contribution in [0.2, 0.25) is 0 Å². The van der Waals surface area contributed by atoms with Crippen molar-refractivity contribution in [1.29, 1.82) is 0 Å². The molecule has 1 unspecified atom stereocenters. The fourth-order valence-corrected chi connectivity index (χ4v) is 3.86. The number of nitrogens with zero attached hydrogens (tertiary/aromatic N) is 1. The van der Waals surface area contributed by atoms with Gasteiger partial charge in [-0.3, -0.25) is 0 Å². The molecule has 0 radical (unpaired) electrons. The van der Waals surface area contributed by atoms with Gasteiger partial charge in [0.05, 0.1) is 4.90 Å². The third-order valence-corrected chi connectivity index (χ3v) is 5.12. The van der Waals surface area contributed by atoms with E-state index in [4.69, 9.17) is 4.74 Å². The van der Waals surface area contributed by atoms with Gasteiger partial charge in [0.25, 0.3) is 0 Å². The Labute approximate surface area is 106 Å². The SMILES string of the molecule is Cc1cc(F)ccc1S(=O)(=O)N1CCCOC1C. The van der Waals surface area contributed by atoms with Gasteiger partial charge in [0, 0.05) is 13.2 Å². The summed E-state index contributed by atoms with van der Waals surface area (Å²) in [4.78, 5) is 0.140. The van der Waals surface area contributed by atoms with E-state index in [1.807, 2.05) is 0 Å². The molecule has 100 valence electrons. The molecular weight excluding hydrogens is 257 g/mol. The van der Waals surface area contributed by atoms with E-state index in [0.29, 0.717) is 25.1 Å². The fourth-order valence-electron chi connectivity index (χ4n) is 2.08. The van der Waals surface area contributed by atoms with Crippen LogP contribution >= 0.6 is 0 Å². The maximum absolute atomic E-state index is 13.0. The monoisotopic (exact) mass is 273 g/mol. The minimum atomic E-state index is -3.62. The predicted molar refractivity (Wildman–Crippen MR) is 65.1 cm³/mol. The van der Waals surface area contributed by atoms with Gasteiger partial charge in [-0.15, -0.1) is 0 Å². The lowest BCUT2D eigenvalue weighted by atomic mass is 10.2. The molecule has 1 aliphatic rings. The highest BCUT2D eigenvalue weighted by Gasteiger charge is 2.32. The largest absolute Gasteiger partial charge is 0.362 e. The normalized spacial score (nSPS) is 22.1. The van der Waals surface area contributed by atoms with Crippen molar-refractivity contribution in [2.45, 2.75) is 31.4 Å². The molecule has 0 aromatic heterocycles. The van der Waals surface area contributed by atoms with Crippen molar-refractivity contribution in [3.8, 4) is 0 Å². The van der Waals surface area contributed by atoms with Crippen LogP contribution in [-0.2, 0) is 14.8 Å². The van der Waals surface area contributed by atoms with Crippen molar-refractivity contribution >= 4 is 10.0 Å².